The predicted molar refractivity (Wildman–Crippen MR) is 99.9 cm³/mol. The van der Waals surface area contributed by atoms with Crippen molar-refractivity contribution in [3.8, 4) is 0 Å². The van der Waals surface area contributed by atoms with Crippen LogP contribution in [0.1, 0.15) is 30.5 Å². The first-order valence-corrected chi connectivity index (χ1v) is 9.98. The second kappa shape index (κ2) is 7.70. The van der Waals surface area contributed by atoms with Gasteiger partial charge in [0, 0.05) is 25.4 Å². The van der Waals surface area contributed by atoms with Crippen LogP contribution in [0.2, 0.25) is 0 Å². The molecule has 0 heterocycles. The zero-order chi connectivity index (χ0) is 18.6. The Labute approximate surface area is 149 Å². The molecule has 2 aromatic rings. The van der Waals surface area contributed by atoms with E-state index in [1.54, 1.807) is 36.2 Å². The van der Waals surface area contributed by atoms with Crippen LogP contribution >= 0.6 is 0 Å². The smallest absolute Gasteiger partial charge is 0.223 e. The molecule has 0 aliphatic rings. The third-order valence-electron chi connectivity index (χ3n) is 4.43. The molecule has 0 radical (unpaired) electrons. The summed E-state index contributed by atoms with van der Waals surface area (Å²) in [5.41, 5.74) is 8.46. The van der Waals surface area contributed by atoms with Gasteiger partial charge in [0.1, 0.15) is 0 Å². The van der Waals surface area contributed by atoms with Crippen LogP contribution in [0.3, 0.4) is 0 Å². The molecule has 5 nitrogen and oxygen atoms in total. The van der Waals surface area contributed by atoms with Crippen LogP contribution in [-0.4, -0.2) is 32.5 Å². The van der Waals surface area contributed by atoms with Crippen molar-refractivity contribution < 1.29 is 13.2 Å². The number of aryl methyl sites for hydroxylation is 1. The molecule has 25 heavy (non-hydrogen) atoms. The van der Waals surface area contributed by atoms with E-state index >= 15 is 0 Å². The Kier molecular flexibility index (Phi) is 5.85. The minimum atomic E-state index is -3.22. The quantitative estimate of drug-likeness (QED) is 0.803. The Balaban J connectivity index is 2.02. The first kappa shape index (κ1) is 19.0. The molecule has 2 N–H and O–H groups in total. The molecule has 0 fully saturated rings. The Morgan fingerprint density at radius 3 is 2.28 bits per heavy atom. The Hall–Kier alpha value is -2.34. The number of nitrogen functional groups attached to an aromatic ring is 1. The van der Waals surface area contributed by atoms with Gasteiger partial charge in [-0.3, -0.25) is 4.79 Å². The summed E-state index contributed by atoms with van der Waals surface area (Å²) >= 11 is 0. The zero-order valence-corrected chi connectivity index (χ0v) is 15.6. The van der Waals surface area contributed by atoms with Crippen molar-refractivity contribution in [1.29, 1.82) is 0 Å². The summed E-state index contributed by atoms with van der Waals surface area (Å²) in [7, 11) is -1.46. The van der Waals surface area contributed by atoms with Gasteiger partial charge in [0.2, 0.25) is 5.91 Å². The summed E-state index contributed by atoms with van der Waals surface area (Å²) < 4.78 is 23.1. The molecule has 0 saturated heterocycles. The number of hydrogen-bond donors (Lipinski definition) is 1. The number of rotatable bonds is 6. The van der Waals surface area contributed by atoms with E-state index in [9.17, 15) is 13.2 Å². The third-order valence-corrected chi connectivity index (χ3v) is 5.56. The van der Waals surface area contributed by atoms with E-state index in [-0.39, 0.29) is 16.8 Å². The molecule has 134 valence electrons. The van der Waals surface area contributed by atoms with Gasteiger partial charge in [-0.2, -0.15) is 0 Å². The molecule has 1 unspecified atom stereocenters. The van der Waals surface area contributed by atoms with E-state index in [0.717, 1.165) is 11.1 Å². The second-order valence-electron chi connectivity index (χ2n) is 6.22. The topological polar surface area (TPSA) is 80.5 Å². The zero-order valence-electron chi connectivity index (χ0n) is 14.8. The Morgan fingerprint density at radius 1 is 1.12 bits per heavy atom. The minimum absolute atomic E-state index is 0.0166. The first-order chi connectivity index (χ1) is 11.7. The highest BCUT2D eigenvalue weighted by atomic mass is 32.2. The molecular weight excluding hydrogens is 336 g/mol. The van der Waals surface area contributed by atoms with Crippen molar-refractivity contribution >= 4 is 21.4 Å². The summed E-state index contributed by atoms with van der Waals surface area (Å²) in [6.07, 6.45) is 2.14. The van der Waals surface area contributed by atoms with Crippen LogP contribution < -0.4 is 5.73 Å². The van der Waals surface area contributed by atoms with Crippen molar-refractivity contribution in [2.75, 3.05) is 19.0 Å². The lowest BCUT2D eigenvalue weighted by Crippen LogP contribution is -2.29. The molecule has 1 amide bonds. The molecule has 1 atom stereocenters. The van der Waals surface area contributed by atoms with Crippen LogP contribution in [0.5, 0.6) is 0 Å². The fraction of sp³-hybridized carbons (Fsp3) is 0.316. The van der Waals surface area contributed by atoms with E-state index in [1.807, 2.05) is 31.2 Å². The SMILES string of the molecule is CC(c1ccc(S(C)(=O)=O)cc1)N(C)C(=O)CCc1ccccc1N. The molecule has 0 aliphatic carbocycles. The van der Waals surface area contributed by atoms with Gasteiger partial charge in [-0.25, -0.2) is 8.42 Å². The van der Waals surface area contributed by atoms with Gasteiger partial charge in [-0.1, -0.05) is 30.3 Å². The van der Waals surface area contributed by atoms with Crippen molar-refractivity contribution in [3.63, 3.8) is 0 Å². The minimum Gasteiger partial charge on any atom is -0.399 e. The third kappa shape index (κ3) is 4.82. The summed E-state index contributed by atoms with van der Waals surface area (Å²) in [5.74, 6) is 0.0166. The number of anilines is 1. The molecule has 2 rings (SSSR count). The van der Waals surface area contributed by atoms with E-state index in [2.05, 4.69) is 0 Å². The van der Waals surface area contributed by atoms with Gasteiger partial charge in [0.05, 0.1) is 10.9 Å². The maximum atomic E-state index is 12.5. The molecule has 0 saturated carbocycles. The van der Waals surface area contributed by atoms with Crippen LogP contribution in [-0.2, 0) is 21.1 Å². The lowest BCUT2D eigenvalue weighted by Gasteiger charge is -2.25. The van der Waals surface area contributed by atoms with Crippen molar-refractivity contribution in [2.24, 2.45) is 0 Å². The number of carbonyl (C=O) groups is 1. The van der Waals surface area contributed by atoms with E-state index in [0.29, 0.717) is 18.5 Å². The maximum absolute atomic E-state index is 12.5. The van der Waals surface area contributed by atoms with Crippen LogP contribution in [0, 0.1) is 0 Å². The van der Waals surface area contributed by atoms with Crippen LogP contribution in [0.4, 0.5) is 5.69 Å². The number of carbonyl (C=O) groups excluding carboxylic acids is 1. The standard InChI is InChI=1S/C19H24N2O3S/c1-14(15-8-11-17(12-9-15)25(3,23)24)21(2)19(22)13-10-16-6-4-5-7-18(16)20/h4-9,11-12,14H,10,13,20H2,1-3H3. The van der Waals surface area contributed by atoms with Gasteiger partial charge in [-0.05, 0) is 42.7 Å². The normalized spacial score (nSPS) is 12.6. The number of para-hydroxylation sites is 1. The Bertz CT molecular complexity index is 845. The largest absolute Gasteiger partial charge is 0.399 e. The monoisotopic (exact) mass is 360 g/mol. The van der Waals surface area contributed by atoms with Crippen molar-refractivity contribution in [1.82, 2.24) is 4.90 Å². The molecule has 6 heteroatoms. The number of nitrogens with two attached hydrogens (primary N) is 1. The highest BCUT2D eigenvalue weighted by Crippen LogP contribution is 2.22. The summed E-state index contributed by atoms with van der Waals surface area (Å²) in [4.78, 5) is 14.4. The van der Waals surface area contributed by atoms with Gasteiger partial charge in [0.15, 0.2) is 9.84 Å². The van der Waals surface area contributed by atoms with E-state index in [4.69, 9.17) is 5.73 Å². The lowest BCUT2D eigenvalue weighted by atomic mass is 10.0. The van der Waals surface area contributed by atoms with Crippen molar-refractivity contribution in [2.45, 2.75) is 30.7 Å². The number of benzene rings is 2. The highest BCUT2D eigenvalue weighted by molar-refractivity contribution is 7.90. The van der Waals surface area contributed by atoms with E-state index < -0.39 is 9.84 Å². The molecule has 0 aromatic heterocycles. The number of nitrogens with zero attached hydrogens (tertiary/aromatic N) is 1. The summed E-state index contributed by atoms with van der Waals surface area (Å²) in [6.45, 7) is 1.92. The molecule has 2 aromatic carbocycles. The number of hydrogen-bond acceptors (Lipinski definition) is 4. The molecule has 0 aliphatic heterocycles. The average Bonchev–Trinajstić information content (AvgIpc) is 2.59. The van der Waals surface area contributed by atoms with Crippen molar-refractivity contribution in [3.05, 3.63) is 59.7 Å². The Morgan fingerprint density at radius 2 is 1.72 bits per heavy atom. The molecular formula is C19H24N2O3S. The summed E-state index contributed by atoms with van der Waals surface area (Å²) in [5, 5.41) is 0. The fourth-order valence-electron chi connectivity index (χ4n) is 2.61. The molecule has 0 bridgehead atoms. The van der Waals surface area contributed by atoms with Crippen LogP contribution in [0.25, 0.3) is 0 Å². The van der Waals surface area contributed by atoms with E-state index in [1.165, 1.54) is 6.26 Å². The first-order valence-electron chi connectivity index (χ1n) is 8.09. The van der Waals surface area contributed by atoms with Gasteiger partial charge < -0.3 is 10.6 Å². The number of sulfone groups is 1. The summed E-state index contributed by atoms with van der Waals surface area (Å²) in [6, 6.07) is 14.0. The lowest BCUT2D eigenvalue weighted by molar-refractivity contribution is -0.131. The maximum Gasteiger partial charge on any atom is 0.223 e. The van der Waals surface area contributed by atoms with Crippen LogP contribution in [0.15, 0.2) is 53.4 Å². The fourth-order valence-corrected chi connectivity index (χ4v) is 3.24. The molecule has 0 spiro atoms. The van der Waals surface area contributed by atoms with Gasteiger partial charge >= 0.3 is 0 Å². The van der Waals surface area contributed by atoms with Gasteiger partial charge in [0.25, 0.3) is 0 Å². The second-order valence-corrected chi connectivity index (χ2v) is 8.24. The van der Waals surface area contributed by atoms with Gasteiger partial charge in [-0.15, -0.1) is 0 Å². The predicted octanol–water partition coefficient (Wildman–Crippen LogP) is 2.82. The number of amides is 1. The highest BCUT2D eigenvalue weighted by Gasteiger charge is 2.18. The average molecular weight is 360 g/mol.